The zero-order chi connectivity index (χ0) is 30.1. The number of para-hydroxylation sites is 1. The predicted molar refractivity (Wildman–Crippen MR) is 169 cm³/mol. The number of hydrogen-bond donors (Lipinski definition) is 2. The van der Waals surface area contributed by atoms with Crippen molar-refractivity contribution in [2.75, 3.05) is 5.32 Å². The van der Waals surface area contributed by atoms with Crippen molar-refractivity contribution < 1.29 is 14.3 Å². The SMILES string of the molecule is O=C(NN=Cc1cn(-c2ccccc2)nc1-c1ccc(OCc2ccccc2)cc1)C(=O)Nc1nnc(-c2ccccc2)s1. The number of hydrogen-bond acceptors (Lipinski definition) is 8. The Morgan fingerprint density at radius 3 is 2.20 bits per heavy atom. The van der Waals surface area contributed by atoms with Crippen molar-refractivity contribution in [1.82, 2.24) is 25.4 Å². The number of carbonyl (C=O) groups excluding carboxylic acids is 2. The summed E-state index contributed by atoms with van der Waals surface area (Å²) in [7, 11) is 0. The average molecular weight is 600 g/mol. The zero-order valence-electron chi connectivity index (χ0n) is 23.2. The topological polar surface area (TPSA) is 123 Å². The van der Waals surface area contributed by atoms with Crippen LogP contribution in [0.4, 0.5) is 5.13 Å². The van der Waals surface area contributed by atoms with E-state index in [2.05, 4.69) is 26.0 Å². The second-order valence-electron chi connectivity index (χ2n) is 9.44. The van der Waals surface area contributed by atoms with Crippen LogP contribution < -0.4 is 15.5 Å². The molecule has 10 nitrogen and oxygen atoms in total. The Morgan fingerprint density at radius 1 is 0.795 bits per heavy atom. The van der Waals surface area contributed by atoms with Crippen LogP contribution in [0.15, 0.2) is 127 Å². The van der Waals surface area contributed by atoms with Gasteiger partial charge in [0.1, 0.15) is 23.1 Å². The van der Waals surface area contributed by atoms with Gasteiger partial charge in [0.05, 0.1) is 11.9 Å². The van der Waals surface area contributed by atoms with E-state index in [1.54, 1.807) is 10.9 Å². The molecule has 0 saturated heterocycles. The number of ether oxygens (including phenoxy) is 1. The molecule has 44 heavy (non-hydrogen) atoms. The molecule has 6 rings (SSSR count). The number of amides is 2. The average Bonchev–Trinajstić information content (AvgIpc) is 3.73. The lowest BCUT2D eigenvalue weighted by Gasteiger charge is -2.07. The van der Waals surface area contributed by atoms with E-state index in [-0.39, 0.29) is 5.13 Å². The van der Waals surface area contributed by atoms with Gasteiger partial charge < -0.3 is 4.74 Å². The fraction of sp³-hybridized carbons (Fsp3) is 0.0303. The van der Waals surface area contributed by atoms with Crippen LogP contribution in [0.3, 0.4) is 0 Å². The molecular weight excluding hydrogens is 574 g/mol. The summed E-state index contributed by atoms with van der Waals surface area (Å²) in [5, 5.41) is 20.1. The Balaban J connectivity index is 1.14. The standard InChI is InChI=1S/C33H25N7O3S/c41-30(35-33-38-37-32(44-33)25-12-6-2-7-13-25)31(42)36-34-20-26-21-40(27-14-8-3-9-15-27)39-29(26)24-16-18-28(19-17-24)43-22-23-10-4-1-5-11-23/h1-21H,22H2,(H,36,42)(H,35,38,41). The monoisotopic (exact) mass is 599 g/mol. The summed E-state index contributed by atoms with van der Waals surface area (Å²) >= 11 is 1.16. The number of carbonyl (C=O) groups is 2. The molecule has 0 atom stereocenters. The fourth-order valence-electron chi connectivity index (χ4n) is 4.21. The van der Waals surface area contributed by atoms with E-state index in [4.69, 9.17) is 9.84 Å². The molecule has 0 fully saturated rings. The Labute approximate surface area is 256 Å². The van der Waals surface area contributed by atoms with E-state index in [9.17, 15) is 9.59 Å². The van der Waals surface area contributed by atoms with Gasteiger partial charge in [0, 0.05) is 22.9 Å². The van der Waals surface area contributed by atoms with Crippen molar-refractivity contribution >= 4 is 34.5 Å². The molecule has 2 N–H and O–H groups in total. The Hall–Kier alpha value is -5.94. The van der Waals surface area contributed by atoms with Crippen LogP contribution in [-0.4, -0.2) is 38.0 Å². The number of aromatic nitrogens is 4. The summed E-state index contributed by atoms with van der Waals surface area (Å²) in [6.45, 7) is 0.460. The summed E-state index contributed by atoms with van der Waals surface area (Å²) in [6.07, 6.45) is 3.25. The molecule has 0 aliphatic rings. The minimum absolute atomic E-state index is 0.204. The van der Waals surface area contributed by atoms with Crippen LogP contribution in [-0.2, 0) is 16.2 Å². The first-order valence-corrected chi connectivity index (χ1v) is 14.4. The lowest BCUT2D eigenvalue weighted by atomic mass is 10.1. The van der Waals surface area contributed by atoms with Gasteiger partial charge in [0.2, 0.25) is 5.13 Å². The molecule has 6 aromatic rings. The molecule has 216 valence electrons. The van der Waals surface area contributed by atoms with Gasteiger partial charge in [-0.25, -0.2) is 10.1 Å². The molecule has 0 aliphatic heterocycles. The summed E-state index contributed by atoms with van der Waals surface area (Å²) in [4.78, 5) is 24.9. The third kappa shape index (κ3) is 6.92. The number of nitrogens with one attached hydrogen (secondary N) is 2. The second kappa shape index (κ2) is 13.4. The first kappa shape index (κ1) is 28.2. The lowest BCUT2D eigenvalue weighted by molar-refractivity contribution is -0.136. The number of rotatable bonds is 9. The molecule has 2 aromatic heterocycles. The van der Waals surface area contributed by atoms with Crippen LogP contribution in [0.1, 0.15) is 11.1 Å². The fourth-order valence-corrected chi connectivity index (χ4v) is 4.95. The van der Waals surface area contributed by atoms with Gasteiger partial charge in [-0.2, -0.15) is 10.2 Å². The molecule has 0 unspecified atom stereocenters. The molecule has 11 heteroatoms. The van der Waals surface area contributed by atoms with E-state index in [0.29, 0.717) is 22.9 Å². The predicted octanol–water partition coefficient (Wildman–Crippen LogP) is 5.73. The summed E-state index contributed by atoms with van der Waals surface area (Å²) in [6, 6.07) is 36.6. The van der Waals surface area contributed by atoms with Gasteiger partial charge in [-0.05, 0) is 42.0 Å². The van der Waals surface area contributed by atoms with Crippen molar-refractivity contribution in [2.24, 2.45) is 5.10 Å². The summed E-state index contributed by atoms with van der Waals surface area (Å²) < 4.78 is 7.65. The van der Waals surface area contributed by atoms with Crippen molar-refractivity contribution in [3.05, 3.63) is 133 Å². The van der Waals surface area contributed by atoms with Crippen LogP contribution in [0.5, 0.6) is 5.75 Å². The molecule has 0 aliphatic carbocycles. The van der Waals surface area contributed by atoms with E-state index in [1.165, 1.54) is 6.21 Å². The third-order valence-corrected chi connectivity index (χ3v) is 7.27. The number of anilines is 1. The largest absolute Gasteiger partial charge is 0.489 e. The van der Waals surface area contributed by atoms with Crippen LogP contribution in [0, 0.1) is 0 Å². The minimum Gasteiger partial charge on any atom is -0.489 e. The van der Waals surface area contributed by atoms with Gasteiger partial charge in [-0.3, -0.25) is 14.9 Å². The first-order valence-electron chi connectivity index (χ1n) is 13.6. The highest BCUT2D eigenvalue weighted by molar-refractivity contribution is 7.18. The molecule has 0 radical (unpaired) electrons. The number of benzene rings is 4. The third-order valence-electron chi connectivity index (χ3n) is 6.38. The van der Waals surface area contributed by atoms with E-state index in [1.807, 2.05) is 115 Å². The van der Waals surface area contributed by atoms with Gasteiger partial charge in [0.25, 0.3) is 0 Å². The van der Waals surface area contributed by atoms with Crippen molar-refractivity contribution in [1.29, 1.82) is 0 Å². The molecular formula is C33H25N7O3S. The maximum atomic E-state index is 12.5. The van der Waals surface area contributed by atoms with E-state index < -0.39 is 11.8 Å². The smallest absolute Gasteiger partial charge is 0.329 e. The normalized spacial score (nSPS) is 10.9. The van der Waals surface area contributed by atoms with Gasteiger partial charge in [-0.1, -0.05) is 90.2 Å². The van der Waals surface area contributed by atoms with Gasteiger partial charge >= 0.3 is 11.8 Å². The Morgan fingerprint density at radius 2 is 1.48 bits per heavy atom. The lowest BCUT2D eigenvalue weighted by Crippen LogP contribution is -2.32. The van der Waals surface area contributed by atoms with Crippen LogP contribution in [0.2, 0.25) is 0 Å². The first-order chi connectivity index (χ1) is 21.6. The van der Waals surface area contributed by atoms with E-state index >= 15 is 0 Å². The zero-order valence-corrected chi connectivity index (χ0v) is 24.0. The highest BCUT2D eigenvalue weighted by atomic mass is 32.1. The number of hydrazone groups is 1. The number of nitrogens with zero attached hydrogens (tertiary/aromatic N) is 5. The van der Waals surface area contributed by atoms with Gasteiger partial charge in [-0.15, -0.1) is 10.2 Å². The highest BCUT2D eigenvalue weighted by Crippen LogP contribution is 2.27. The molecule has 2 heterocycles. The van der Waals surface area contributed by atoms with Crippen LogP contribution >= 0.6 is 11.3 Å². The second-order valence-corrected chi connectivity index (χ2v) is 10.4. The molecule has 0 bridgehead atoms. The molecule has 0 saturated carbocycles. The van der Waals surface area contributed by atoms with Crippen molar-refractivity contribution in [3.8, 4) is 33.3 Å². The Kier molecular flexibility index (Phi) is 8.56. The van der Waals surface area contributed by atoms with Crippen molar-refractivity contribution in [2.45, 2.75) is 6.61 Å². The Bertz CT molecular complexity index is 1890. The molecule has 0 spiro atoms. The van der Waals surface area contributed by atoms with Crippen molar-refractivity contribution in [3.63, 3.8) is 0 Å². The maximum Gasteiger partial charge on any atom is 0.329 e. The molecule has 4 aromatic carbocycles. The highest BCUT2D eigenvalue weighted by Gasteiger charge is 2.17. The maximum absolute atomic E-state index is 12.5. The minimum atomic E-state index is -0.949. The molecule has 2 amide bonds. The quantitative estimate of drug-likeness (QED) is 0.124. The summed E-state index contributed by atoms with van der Waals surface area (Å²) in [5.41, 5.74) is 7.15. The van der Waals surface area contributed by atoms with Crippen LogP contribution in [0.25, 0.3) is 27.5 Å². The summed E-state index contributed by atoms with van der Waals surface area (Å²) in [5.74, 6) is -1.14. The van der Waals surface area contributed by atoms with Gasteiger partial charge in [0.15, 0.2) is 0 Å². The van der Waals surface area contributed by atoms with E-state index in [0.717, 1.165) is 39.5 Å².